The molecular weight excluding hydrogens is 424 g/mol. The number of carbonyl (C=O) groups excluding carboxylic acids is 1. The Hall–Kier alpha value is -2.09. The Morgan fingerprint density at radius 1 is 1.13 bits per heavy atom. The van der Waals surface area contributed by atoms with Gasteiger partial charge in [-0.15, -0.1) is 0 Å². The van der Waals surface area contributed by atoms with Crippen LogP contribution in [0, 0.1) is 5.92 Å². The van der Waals surface area contributed by atoms with Crippen molar-refractivity contribution in [2.24, 2.45) is 5.92 Å². The van der Waals surface area contributed by atoms with Gasteiger partial charge in [0.2, 0.25) is 15.9 Å². The van der Waals surface area contributed by atoms with Gasteiger partial charge in [0.05, 0.1) is 7.11 Å². The van der Waals surface area contributed by atoms with Crippen molar-refractivity contribution in [3.05, 3.63) is 53.1 Å². The molecule has 0 aliphatic carbocycles. The van der Waals surface area contributed by atoms with Crippen molar-refractivity contribution >= 4 is 33.2 Å². The first-order valence-electron chi connectivity index (χ1n) is 10.1. The fourth-order valence-corrected chi connectivity index (χ4v) is 6.32. The van der Waals surface area contributed by atoms with E-state index in [0.29, 0.717) is 17.9 Å². The van der Waals surface area contributed by atoms with Gasteiger partial charge in [0.1, 0.15) is 10.6 Å². The maximum absolute atomic E-state index is 13.3. The van der Waals surface area contributed by atoms with E-state index < -0.39 is 10.0 Å². The second kappa shape index (κ2) is 8.21. The molecule has 0 N–H and O–H groups in total. The van der Waals surface area contributed by atoms with E-state index in [9.17, 15) is 13.2 Å². The number of sulfonamides is 1. The topological polar surface area (TPSA) is 66.9 Å². The van der Waals surface area contributed by atoms with Gasteiger partial charge >= 0.3 is 0 Å². The molecule has 0 aromatic heterocycles. The Bertz CT molecular complexity index is 1060. The molecule has 2 aliphatic heterocycles. The Balaban J connectivity index is 1.49. The van der Waals surface area contributed by atoms with E-state index in [2.05, 4.69) is 13.0 Å². The number of hydrogen-bond acceptors (Lipinski definition) is 4. The molecule has 0 bridgehead atoms. The van der Waals surface area contributed by atoms with Crippen molar-refractivity contribution in [3.63, 3.8) is 0 Å². The zero-order chi connectivity index (χ0) is 21.5. The minimum atomic E-state index is -3.76. The molecular formula is C22H25ClN2O4S. The monoisotopic (exact) mass is 448 g/mol. The summed E-state index contributed by atoms with van der Waals surface area (Å²) in [5, 5.41) is 0.334. The first-order valence-corrected chi connectivity index (χ1v) is 11.9. The van der Waals surface area contributed by atoms with Gasteiger partial charge in [-0.2, -0.15) is 4.31 Å². The third-order valence-corrected chi connectivity index (χ3v) is 8.15. The summed E-state index contributed by atoms with van der Waals surface area (Å²) >= 11 is 6.02. The molecule has 0 spiro atoms. The number of anilines is 1. The Kier molecular flexibility index (Phi) is 5.79. The highest BCUT2D eigenvalue weighted by molar-refractivity contribution is 7.89. The van der Waals surface area contributed by atoms with Crippen LogP contribution in [0.15, 0.2) is 47.4 Å². The van der Waals surface area contributed by atoms with Crippen molar-refractivity contribution < 1.29 is 17.9 Å². The predicted octanol–water partition coefficient (Wildman–Crippen LogP) is 3.73. The van der Waals surface area contributed by atoms with Crippen LogP contribution in [0.2, 0.25) is 5.02 Å². The van der Waals surface area contributed by atoms with Gasteiger partial charge < -0.3 is 9.64 Å². The fraction of sp³-hybridized carbons (Fsp3) is 0.409. The average Bonchev–Trinajstić information content (AvgIpc) is 3.09. The Labute approximate surface area is 182 Å². The van der Waals surface area contributed by atoms with Gasteiger partial charge in [-0.25, -0.2) is 8.42 Å². The smallest absolute Gasteiger partial charge is 0.246 e. The third kappa shape index (κ3) is 3.70. The maximum atomic E-state index is 13.3. The molecule has 1 fully saturated rings. The quantitative estimate of drug-likeness (QED) is 0.714. The zero-order valence-electron chi connectivity index (χ0n) is 17.0. The van der Waals surface area contributed by atoms with Crippen LogP contribution in [0.3, 0.4) is 0 Å². The normalized spacial score (nSPS) is 20.2. The molecule has 0 radical (unpaired) electrons. The maximum Gasteiger partial charge on any atom is 0.246 e. The number of fused-ring (bicyclic) bond motifs is 1. The van der Waals surface area contributed by atoms with Crippen LogP contribution in [0.4, 0.5) is 5.69 Å². The molecule has 0 unspecified atom stereocenters. The minimum absolute atomic E-state index is 0.0596. The molecule has 0 saturated carbocycles. The van der Waals surface area contributed by atoms with E-state index in [1.165, 1.54) is 23.0 Å². The summed E-state index contributed by atoms with van der Waals surface area (Å²) < 4.78 is 33.0. The van der Waals surface area contributed by atoms with Crippen LogP contribution in [0.5, 0.6) is 5.75 Å². The van der Waals surface area contributed by atoms with E-state index in [-0.39, 0.29) is 41.6 Å². The zero-order valence-corrected chi connectivity index (χ0v) is 18.6. The van der Waals surface area contributed by atoms with Gasteiger partial charge in [-0.1, -0.05) is 29.8 Å². The first-order chi connectivity index (χ1) is 14.3. The number of halogens is 1. The number of nitrogens with zero attached hydrogens (tertiary/aromatic N) is 2. The van der Waals surface area contributed by atoms with Crippen molar-refractivity contribution in [1.29, 1.82) is 0 Å². The van der Waals surface area contributed by atoms with E-state index in [1.807, 2.05) is 23.1 Å². The molecule has 1 amide bonds. The van der Waals surface area contributed by atoms with Crippen molar-refractivity contribution in [1.82, 2.24) is 4.31 Å². The summed E-state index contributed by atoms with van der Waals surface area (Å²) in [6, 6.07) is 12.7. The van der Waals surface area contributed by atoms with Gasteiger partial charge in [-0.05, 0) is 56.0 Å². The standard InChI is InChI=1S/C22H25ClN2O4S/c1-15-13-17-5-3-4-6-19(17)25(15)22(26)16-9-11-24(12-10-16)30(27,28)21-14-18(23)7-8-20(21)29-2/h3-8,14-16H,9-13H2,1-2H3/t15-/m1/s1. The largest absolute Gasteiger partial charge is 0.495 e. The lowest BCUT2D eigenvalue weighted by Crippen LogP contribution is -2.46. The lowest BCUT2D eigenvalue weighted by atomic mass is 9.96. The van der Waals surface area contributed by atoms with Crippen LogP contribution in [-0.4, -0.2) is 44.9 Å². The van der Waals surface area contributed by atoms with Crippen molar-refractivity contribution in [3.8, 4) is 5.75 Å². The molecule has 2 heterocycles. The van der Waals surface area contributed by atoms with Crippen molar-refractivity contribution in [2.45, 2.75) is 37.1 Å². The van der Waals surface area contributed by atoms with Gasteiger partial charge in [-0.3, -0.25) is 4.79 Å². The second-order valence-corrected chi connectivity index (χ2v) is 10.2. The number of carbonyl (C=O) groups is 1. The second-order valence-electron chi connectivity index (χ2n) is 7.86. The van der Waals surface area contributed by atoms with E-state index >= 15 is 0 Å². The lowest BCUT2D eigenvalue weighted by molar-refractivity contribution is -0.123. The summed E-state index contributed by atoms with van der Waals surface area (Å²) in [7, 11) is -2.32. The summed E-state index contributed by atoms with van der Waals surface area (Å²) in [5.74, 6) is 0.163. The molecule has 2 aliphatic rings. The van der Waals surface area contributed by atoms with E-state index in [1.54, 1.807) is 12.1 Å². The number of hydrogen-bond donors (Lipinski definition) is 0. The van der Waals surface area contributed by atoms with Gasteiger partial charge in [0, 0.05) is 35.8 Å². The van der Waals surface area contributed by atoms with Crippen LogP contribution < -0.4 is 9.64 Å². The molecule has 1 atom stereocenters. The fourth-order valence-electron chi connectivity index (χ4n) is 4.43. The number of benzene rings is 2. The molecule has 30 heavy (non-hydrogen) atoms. The summed E-state index contributed by atoms with van der Waals surface area (Å²) in [4.78, 5) is 15.2. The number of ether oxygens (including phenoxy) is 1. The van der Waals surface area contributed by atoms with Gasteiger partial charge in [0.25, 0.3) is 0 Å². The Morgan fingerprint density at radius 2 is 1.83 bits per heavy atom. The number of para-hydroxylation sites is 1. The molecule has 1 saturated heterocycles. The molecule has 6 nitrogen and oxygen atoms in total. The highest BCUT2D eigenvalue weighted by Gasteiger charge is 2.38. The molecule has 160 valence electrons. The summed E-state index contributed by atoms with van der Waals surface area (Å²) in [6.07, 6.45) is 1.84. The van der Waals surface area contributed by atoms with Crippen LogP contribution in [-0.2, 0) is 21.2 Å². The average molecular weight is 449 g/mol. The molecule has 2 aromatic carbocycles. The SMILES string of the molecule is COc1ccc(Cl)cc1S(=O)(=O)N1CCC(C(=O)N2c3ccccc3C[C@H]2C)CC1. The number of methoxy groups -OCH3 is 1. The third-order valence-electron chi connectivity index (χ3n) is 5.99. The Morgan fingerprint density at radius 3 is 2.53 bits per heavy atom. The van der Waals surface area contributed by atoms with Crippen LogP contribution in [0.1, 0.15) is 25.3 Å². The van der Waals surface area contributed by atoms with Crippen LogP contribution in [0.25, 0.3) is 0 Å². The first kappa shape index (κ1) is 21.2. The number of piperidine rings is 1. The summed E-state index contributed by atoms with van der Waals surface area (Å²) in [6.45, 7) is 2.64. The molecule has 4 rings (SSSR count). The van der Waals surface area contributed by atoms with Gasteiger partial charge in [0.15, 0.2) is 0 Å². The number of amides is 1. The van der Waals surface area contributed by atoms with Crippen LogP contribution >= 0.6 is 11.6 Å². The van der Waals surface area contributed by atoms with Crippen molar-refractivity contribution in [2.75, 3.05) is 25.1 Å². The van der Waals surface area contributed by atoms with E-state index in [0.717, 1.165) is 12.1 Å². The highest BCUT2D eigenvalue weighted by atomic mass is 35.5. The minimum Gasteiger partial charge on any atom is -0.495 e. The number of rotatable bonds is 4. The lowest BCUT2D eigenvalue weighted by Gasteiger charge is -2.34. The molecule has 8 heteroatoms. The molecule has 2 aromatic rings. The highest BCUT2D eigenvalue weighted by Crippen LogP contribution is 2.36. The predicted molar refractivity (Wildman–Crippen MR) is 117 cm³/mol. The van der Waals surface area contributed by atoms with E-state index in [4.69, 9.17) is 16.3 Å². The summed E-state index contributed by atoms with van der Waals surface area (Å²) in [5.41, 5.74) is 2.17.